The molecule has 22 heavy (non-hydrogen) atoms. The van der Waals surface area contributed by atoms with Gasteiger partial charge in [-0.1, -0.05) is 53.0 Å². The van der Waals surface area contributed by atoms with Crippen LogP contribution in [0.3, 0.4) is 0 Å². The Balaban J connectivity index is 0.00000211. The fraction of sp³-hybridized carbons (Fsp3) is 0.389. The Bertz CT molecular complexity index is 504. The van der Waals surface area contributed by atoms with Crippen molar-refractivity contribution in [3.8, 4) is 11.5 Å². The Morgan fingerprint density at radius 1 is 1.14 bits per heavy atom. The Morgan fingerprint density at radius 3 is 2.05 bits per heavy atom. The maximum absolute atomic E-state index is 11.3. The Morgan fingerprint density at radius 2 is 1.64 bits per heavy atom. The van der Waals surface area contributed by atoms with Gasteiger partial charge < -0.3 is 14.6 Å². The third kappa shape index (κ3) is 5.64. The molecule has 0 radical (unpaired) electrons. The van der Waals surface area contributed by atoms with Crippen molar-refractivity contribution >= 4 is 5.97 Å². The molecular weight excluding hydrogens is 280 g/mol. The monoisotopic (exact) mass is 306 g/mol. The molecule has 0 bridgehead atoms. The second-order valence-electron chi connectivity index (χ2n) is 4.55. The Hall–Kier alpha value is -2.23. The molecule has 0 aliphatic heterocycles. The van der Waals surface area contributed by atoms with E-state index in [2.05, 4.69) is 13.2 Å². The Labute approximate surface area is 133 Å². The van der Waals surface area contributed by atoms with Gasteiger partial charge in [0, 0.05) is 6.07 Å². The standard InChI is InChI=1S/C16H20O4.C2H6/c1-5-7-19-14-10-15(20-8-6-2)13(16(17)18)9-12(14)11(3)4;1-2/h5-6,9-11H,1-2,7-8H2,3-4H3,(H,17,18);1-2H3. The van der Waals surface area contributed by atoms with Crippen molar-refractivity contribution < 1.29 is 19.4 Å². The summed E-state index contributed by atoms with van der Waals surface area (Å²) in [5, 5.41) is 9.28. The lowest BCUT2D eigenvalue weighted by molar-refractivity contribution is 0.0692. The number of carboxylic acids is 1. The van der Waals surface area contributed by atoms with Crippen LogP contribution in [-0.4, -0.2) is 24.3 Å². The second kappa shape index (κ2) is 10.5. The van der Waals surface area contributed by atoms with Crippen LogP contribution in [0.2, 0.25) is 0 Å². The summed E-state index contributed by atoms with van der Waals surface area (Å²) in [6, 6.07) is 3.22. The molecule has 0 aromatic heterocycles. The SMILES string of the molecule is C=CCOc1cc(OCC=C)c(C(C)C)cc1C(=O)O.CC. The average Bonchev–Trinajstić information content (AvgIpc) is 2.51. The lowest BCUT2D eigenvalue weighted by atomic mass is 9.99. The van der Waals surface area contributed by atoms with Gasteiger partial charge in [0.2, 0.25) is 0 Å². The lowest BCUT2D eigenvalue weighted by Gasteiger charge is -2.17. The third-order valence-electron chi connectivity index (χ3n) is 2.68. The molecule has 4 heteroatoms. The smallest absolute Gasteiger partial charge is 0.339 e. The number of hydrogen-bond acceptors (Lipinski definition) is 3. The zero-order valence-electron chi connectivity index (χ0n) is 13.9. The van der Waals surface area contributed by atoms with Gasteiger partial charge in [0.05, 0.1) is 0 Å². The number of ether oxygens (including phenoxy) is 2. The van der Waals surface area contributed by atoms with Crippen LogP contribution < -0.4 is 9.47 Å². The summed E-state index contributed by atoms with van der Waals surface area (Å²) in [4.78, 5) is 11.3. The highest BCUT2D eigenvalue weighted by Crippen LogP contribution is 2.34. The summed E-state index contributed by atoms with van der Waals surface area (Å²) in [6.45, 7) is 15.7. The van der Waals surface area contributed by atoms with E-state index >= 15 is 0 Å². The molecule has 0 aliphatic rings. The molecule has 1 aromatic carbocycles. The van der Waals surface area contributed by atoms with E-state index in [0.717, 1.165) is 5.56 Å². The van der Waals surface area contributed by atoms with Crippen LogP contribution in [-0.2, 0) is 0 Å². The van der Waals surface area contributed by atoms with E-state index in [9.17, 15) is 9.90 Å². The molecule has 0 heterocycles. The summed E-state index contributed by atoms with van der Waals surface area (Å²) in [5.74, 6) is 0.00688. The average molecular weight is 306 g/mol. The van der Waals surface area contributed by atoms with Crippen LogP contribution in [0, 0.1) is 0 Å². The van der Waals surface area contributed by atoms with Crippen molar-refractivity contribution in [3.05, 3.63) is 48.6 Å². The van der Waals surface area contributed by atoms with Gasteiger partial charge in [0.15, 0.2) is 0 Å². The van der Waals surface area contributed by atoms with Crippen LogP contribution >= 0.6 is 0 Å². The highest BCUT2D eigenvalue weighted by molar-refractivity contribution is 5.91. The third-order valence-corrected chi connectivity index (χ3v) is 2.68. The number of rotatable bonds is 8. The van der Waals surface area contributed by atoms with E-state index in [1.165, 1.54) is 0 Å². The maximum Gasteiger partial charge on any atom is 0.339 e. The molecule has 0 atom stereocenters. The summed E-state index contributed by atoms with van der Waals surface area (Å²) < 4.78 is 11.0. The minimum absolute atomic E-state index is 0.126. The summed E-state index contributed by atoms with van der Waals surface area (Å²) in [7, 11) is 0. The van der Waals surface area contributed by atoms with E-state index < -0.39 is 5.97 Å². The largest absolute Gasteiger partial charge is 0.489 e. The highest BCUT2D eigenvalue weighted by Gasteiger charge is 2.18. The minimum Gasteiger partial charge on any atom is -0.489 e. The minimum atomic E-state index is -1.03. The first-order chi connectivity index (χ1) is 10.5. The molecule has 0 spiro atoms. The number of carbonyl (C=O) groups is 1. The van der Waals surface area contributed by atoms with Crippen LogP contribution in [0.15, 0.2) is 37.4 Å². The molecule has 1 aromatic rings. The topological polar surface area (TPSA) is 55.8 Å². The van der Waals surface area contributed by atoms with Crippen molar-refractivity contribution in [2.75, 3.05) is 13.2 Å². The first-order valence-corrected chi connectivity index (χ1v) is 7.39. The predicted octanol–water partition coefficient (Wildman–Crippen LogP) is 4.66. The van der Waals surface area contributed by atoms with Crippen LogP contribution in [0.1, 0.15) is 49.5 Å². The molecular formula is C18H26O4. The van der Waals surface area contributed by atoms with Gasteiger partial charge in [-0.15, -0.1) is 0 Å². The second-order valence-corrected chi connectivity index (χ2v) is 4.55. The summed E-state index contributed by atoms with van der Waals surface area (Å²) in [5.41, 5.74) is 0.955. The van der Waals surface area contributed by atoms with Crippen molar-refractivity contribution in [1.29, 1.82) is 0 Å². The highest BCUT2D eigenvalue weighted by atomic mass is 16.5. The molecule has 1 rings (SSSR count). The molecule has 0 unspecified atom stereocenters. The number of hydrogen-bond donors (Lipinski definition) is 1. The van der Waals surface area contributed by atoms with Crippen LogP contribution in [0.4, 0.5) is 0 Å². The zero-order chi connectivity index (χ0) is 17.1. The van der Waals surface area contributed by atoms with E-state index in [4.69, 9.17) is 9.47 Å². The molecule has 0 saturated heterocycles. The number of aromatic carboxylic acids is 1. The van der Waals surface area contributed by atoms with Gasteiger partial charge in [-0.05, 0) is 17.5 Å². The quantitative estimate of drug-likeness (QED) is 0.709. The summed E-state index contributed by atoms with van der Waals surface area (Å²) >= 11 is 0. The molecule has 1 N–H and O–H groups in total. The van der Waals surface area contributed by atoms with Crippen molar-refractivity contribution in [1.82, 2.24) is 0 Å². The van der Waals surface area contributed by atoms with Crippen molar-refractivity contribution in [3.63, 3.8) is 0 Å². The maximum atomic E-state index is 11.3. The van der Waals surface area contributed by atoms with Gasteiger partial charge >= 0.3 is 5.97 Å². The Kier molecular flexibility index (Phi) is 9.43. The van der Waals surface area contributed by atoms with Gasteiger partial charge in [0.25, 0.3) is 0 Å². The molecule has 0 saturated carbocycles. The normalized spacial score (nSPS) is 9.50. The van der Waals surface area contributed by atoms with E-state index in [-0.39, 0.29) is 23.8 Å². The first kappa shape index (κ1) is 19.8. The van der Waals surface area contributed by atoms with E-state index in [0.29, 0.717) is 12.4 Å². The van der Waals surface area contributed by atoms with Gasteiger partial charge in [-0.2, -0.15) is 0 Å². The molecule has 0 aliphatic carbocycles. The van der Waals surface area contributed by atoms with Crippen molar-refractivity contribution in [2.24, 2.45) is 0 Å². The van der Waals surface area contributed by atoms with Gasteiger partial charge in [-0.25, -0.2) is 4.79 Å². The lowest BCUT2D eigenvalue weighted by Crippen LogP contribution is -2.07. The van der Waals surface area contributed by atoms with Crippen LogP contribution in [0.5, 0.6) is 11.5 Å². The fourth-order valence-electron chi connectivity index (χ4n) is 1.74. The predicted molar refractivity (Wildman–Crippen MR) is 90.2 cm³/mol. The van der Waals surface area contributed by atoms with E-state index in [1.807, 2.05) is 27.7 Å². The van der Waals surface area contributed by atoms with Gasteiger partial charge in [0.1, 0.15) is 30.3 Å². The van der Waals surface area contributed by atoms with Crippen LogP contribution in [0.25, 0.3) is 0 Å². The molecule has 122 valence electrons. The van der Waals surface area contributed by atoms with Crippen molar-refractivity contribution in [2.45, 2.75) is 33.6 Å². The summed E-state index contributed by atoms with van der Waals surface area (Å²) in [6.07, 6.45) is 3.20. The fourth-order valence-corrected chi connectivity index (χ4v) is 1.74. The number of carboxylic acid groups (broad SMARTS) is 1. The molecule has 0 amide bonds. The van der Waals surface area contributed by atoms with Gasteiger partial charge in [-0.3, -0.25) is 0 Å². The number of benzene rings is 1. The zero-order valence-corrected chi connectivity index (χ0v) is 13.9. The molecule has 0 fully saturated rings. The van der Waals surface area contributed by atoms with E-state index in [1.54, 1.807) is 24.3 Å². The first-order valence-electron chi connectivity index (χ1n) is 7.39. The molecule has 4 nitrogen and oxygen atoms in total.